The van der Waals surface area contributed by atoms with Crippen LogP contribution in [0.4, 0.5) is 0 Å². The lowest BCUT2D eigenvalue weighted by atomic mass is 10.0. The summed E-state index contributed by atoms with van der Waals surface area (Å²) in [6.45, 7) is 8.42. The molecule has 2 aromatic carbocycles. The summed E-state index contributed by atoms with van der Waals surface area (Å²) in [4.78, 5) is 0. The van der Waals surface area contributed by atoms with Gasteiger partial charge in [0.2, 0.25) is 0 Å². The Morgan fingerprint density at radius 3 is 2.33 bits per heavy atom. The Morgan fingerprint density at radius 2 is 1.71 bits per heavy atom. The molecule has 112 valence electrons. The first-order valence-corrected chi connectivity index (χ1v) is 7.59. The number of benzene rings is 2. The fourth-order valence-corrected chi connectivity index (χ4v) is 2.37. The Balaban J connectivity index is 2.14. The molecule has 0 radical (unpaired) electrons. The monoisotopic (exact) mass is 283 g/mol. The quantitative estimate of drug-likeness (QED) is 0.864. The van der Waals surface area contributed by atoms with Crippen LogP contribution in [0.3, 0.4) is 0 Å². The molecule has 2 rings (SSSR count). The normalized spacial score (nSPS) is 12.2. The molecule has 21 heavy (non-hydrogen) atoms. The Morgan fingerprint density at radius 1 is 1.05 bits per heavy atom. The summed E-state index contributed by atoms with van der Waals surface area (Å²) in [5.41, 5.74) is 10.9. The third-order valence-corrected chi connectivity index (χ3v) is 3.94. The zero-order valence-electron chi connectivity index (χ0n) is 13.4. The molecule has 0 bridgehead atoms. The molecule has 0 spiro atoms. The van der Waals surface area contributed by atoms with E-state index in [-0.39, 0.29) is 6.04 Å². The first-order chi connectivity index (χ1) is 9.99. The fourth-order valence-electron chi connectivity index (χ4n) is 2.37. The van der Waals surface area contributed by atoms with Crippen LogP contribution in [-0.4, -0.2) is 6.04 Å². The predicted octanol–water partition coefficient (Wildman–Crippen LogP) is 4.68. The smallest absolute Gasteiger partial charge is 0.130 e. The van der Waals surface area contributed by atoms with Crippen molar-refractivity contribution in [3.63, 3.8) is 0 Å². The zero-order valence-corrected chi connectivity index (χ0v) is 13.4. The highest BCUT2D eigenvalue weighted by atomic mass is 16.5. The Hall–Kier alpha value is -1.80. The van der Waals surface area contributed by atoms with Gasteiger partial charge in [0, 0.05) is 6.04 Å². The molecule has 0 aliphatic rings. The van der Waals surface area contributed by atoms with Gasteiger partial charge < -0.3 is 10.5 Å². The van der Waals surface area contributed by atoms with E-state index in [1.54, 1.807) is 0 Å². The van der Waals surface area contributed by atoms with E-state index in [0.717, 1.165) is 24.3 Å². The first-order valence-electron chi connectivity index (χ1n) is 7.59. The number of nitrogens with two attached hydrogens (primary N) is 1. The largest absolute Gasteiger partial charge is 0.457 e. The maximum absolute atomic E-state index is 6.03. The van der Waals surface area contributed by atoms with Gasteiger partial charge in [0.15, 0.2) is 0 Å². The van der Waals surface area contributed by atoms with Crippen LogP contribution in [0.5, 0.6) is 11.5 Å². The van der Waals surface area contributed by atoms with Crippen LogP contribution in [0.2, 0.25) is 0 Å². The van der Waals surface area contributed by atoms with Crippen molar-refractivity contribution in [2.45, 2.75) is 46.6 Å². The van der Waals surface area contributed by atoms with Crippen LogP contribution in [0, 0.1) is 20.8 Å². The van der Waals surface area contributed by atoms with Gasteiger partial charge in [-0.3, -0.25) is 0 Å². The van der Waals surface area contributed by atoms with E-state index in [1.165, 1.54) is 22.3 Å². The summed E-state index contributed by atoms with van der Waals surface area (Å²) < 4.78 is 6.03. The second kappa shape index (κ2) is 6.77. The molecule has 0 aliphatic heterocycles. The maximum Gasteiger partial charge on any atom is 0.130 e. The van der Waals surface area contributed by atoms with E-state index < -0.39 is 0 Å². The van der Waals surface area contributed by atoms with Crippen LogP contribution >= 0.6 is 0 Å². The van der Waals surface area contributed by atoms with Crippen molar-refractivity contribution in [3.8, 4) is 11.5 Å². The lowest BCUT2D eigenvalue weighted by molar-refractivity contribution is 0.477. The summed E-state index contributed by atoms with van der Waals surface area (Å²) in [5, 5.41) is 0. The molecule has 0 heterocycles. The Kier molecular flexibility index (Phi) is 5.03. The third kappa shape index (κ3) is 4.08. The minimum atomic E-state index is 0.235. The molecule has 2 N–H and O–H groups in total. The average molecular weight is 283 g/mol. The van der Waals surface area contributed by atoms with E-state index in [0.29, 0.717) is 0 Å². The molecule has 2 aromatic rings. The molecular formula is C19H25NO. The molecular weight excluding hydrogens is 258 g/mol. The second-order valence-corrected chi connectivity index (χ2v) is 5.82. The summed E-state index contributed by atoms with van der Waals surface area (Å²) >= 11 is 0. The van der Waals surface area contributed by atoms with Gasteiger partial charge in [0.05, 0.1) is 0 Å². The molecule has 1 atom stereocenters. The lowest BCUT2D eigenvalue weighted by Gasteiger charge is -2.13. The summed E-state index contributed by atoms with van der Waals surface area (Å²) in [6.07, 6.45) is 1.92. The van der Waals surface area contributed by atoms with Crippen LogP contribution < -0.4 is 10.5 Å². The van der Waals surface area contributed by atoms with Crippen molar-refractivity contribution in [1.82, 2.24) is 0 Å². The summed E-state index contributed by atoms with van der Waals surface area (Å²) in [5.74, 6) is 1.81. The zero-order chi connectivity index (χ0) is 15.4. The number of hydrogen-bond acceptors (Lipinski definition) is 2. The highest BCUT2D eigenvalue weighted by molar-refractivity contribution is 5.44. The van der Waals surface area contributed by atoms with Crippen molar-refractivity contribution in [2.75, 3.05) is 0 Å². The van der Waals surface area contributed by atoms with Gasteiger partial charge in [-0.1, -0.05) is 25.1 Å². The summed E-state index contributed by atoms with van der Waals surface area (Å²) in [6, 6.07) is 12.7. The van der Waals surface area contributed by atoms with Gasteiger partial charge in [-0.15, -0.1) is 0 Å². The van der Waals surface area contributed by atoms with Gasteiger partial charge in [-0.05, 0) is 74.1 Å². The predicted molar refractivity (Wildman–Crippen MR) is 89.1 cm³/mol. The lowest BCUT2D eigenvalue weighted by Crippen LogP contribution is -2.21. The van der Waals surface area contributed by atoms with Crippen molar-refractivity contribution < 1.29 is 4.74 Å². The van der Waals surface area contributed by atoms with E-state index in [2.05, 4.69) is 52.0 Å². The first kappa shape index (κ1) is 15.6. The van der Waals surface area contributed by atoms with Crippen LogP contribution in [0.1, 0.15) is 35.6 Å². The van der Waals surface area contributed by atoms with Crippen molar-refractivity contribution in [1.29, 1.82) is 0 Å². The molecule has 2 nitrogen and oxygen atoms in total. The SMILES string of the molecule is CCC(N)Cc1ccc(Oc2cc(C)cc(C)c2C)cc1. The molecule has 0 amide bonds. The van der Waals surface area contributed by atoms with Gasteiger partial charge in [0.1, 0.15) is 11.5 Å². The van der Waals surface area contributed by atoms with E-state index in [1.807, 2.05) is 12.1 Å². The fraction of sp³-hybridized carbons (Fsp3) is 0.368. The van der Waals surface area contributed by atoms with E-state index >= 15 is 0 Å². The van der Waals surface area contributed by atoms with Gasteiger partial charge in [0.25, 0.3) is 0 Å². The third-order valence-electron chi connectivity index (χ3n) is 3.94. The molecule has 0 saturated heterocycles. The van der Waals surface area contributed by atoms with Gasteiger partial charge >= 0.3 is 0 Å². The number of rotatable bonds is 5. The molecule has 0 aliphatic carbocycles. The van der Waals surface area contributed by atoms with Crippen molar-refractivity contribution in [2.24, 2.45) is 5.73 Å². The topological polar surface area (TPSA) is 35.2 Å². The van der Waals surface area contributed by atoms with Crippen LogP contribution in [-0.2, 0) is 6.42 Å². The van der Waals surface area contributed by atoms with Gasteiger partial charge in [-0.2, -0.15) is 0 Å². The molecule has 1 unspecified atom stereocenters. The van der Waals surface area contributed by atoms with Gasteiger partial charge in [-0.25, -0.2) is 0 Å². The number of ether oxygens (including phenoxy) is 1. The second-order valence-electron chi connectivity index (χ2n) is 5.82. The highest BCUT2D eigenvalue weighted by Crippen LogP contribution is 2.28. The van der Waals surface area contributed by atoms with E-state index in [9.17, 15) is 0 Å². The van der Waals surface area contributed by atoms with E-state index in [4.69, 9.17) is 10.5 Å². The maximum atomic E-state index is 6.03. The molecule has 0 aromatic heterocycles. The van der Waals surface area contributed by atoms with Crippen molar-refractivity contribution >= 4 is 0 Å². The van der Waals surface area contributed by atoms with Crippen molar-refractivity contribution in [3.05, 3.63) is 58.7 Å². The Bertz CT molecular complexity index is 602. The number of hydrogen-bond donors (Lipinski definition) is 1. The highest BCUT2D eigenvalue weighted by Gasteiger charge is 2.06. The van der Waals surface area contributed by atoms with Crippen LogP contribution in [0.25, 0.3) is 0 Å². The minimum absolute atomic E-state index is 0.235. The van der Waals surface area contributed by atoms with Crippen LogP contribution in [0.15, 0.2) is 36.4 Å². The minimum Gasteiger partial charge on any atom is -0.457 e. The summed E-state index contributed by atoms with van der Waals surface area (Å²) in [7, 11) is 0. The molecule has 0 saturated carbocycles. The standard InChI is InChI=1S/C19H25NO/c1-5-17(20)12-16-6-8-18(9-7-16)21-19-11-13(2)10-14(3)15(19)4/h6-11,17H,5,12,20H2,1-4H3. The molecule has 0 fully saturated rings. The molecule has 2 heteroatoms. The average Bonchev–Trinajstić information content (AvgIpc) is 2.46. The Labute approximate surface area is 127 Å². The number of aryl methyl sites for hydroxylation is 2.